The zero-order chi connectivity index (χ0) is 26.1. The molecule has 2 aliphatic heterocycles. The van der Waals surface area contributed by atoms with E-state index in [4.69, 9.17) is 4.55 Å². The molecule has 2 fully saturated rings. The highest BCUT2D eigenvalue weighted by atomic mass is 32.2. The van der Waals surface area contributed by atoms with Gasteiger partial charge >= 0.3 is 5.97 Å². The molecule has 13 nitrogen and oxygen atoms in total. The fraction of sp³-hybridized carbons (Fsp3) is 0.579. The molecular weight excluding hydrogens is 553 g/mol. The maximum Gasteiger partial charge on any atom is 0.313 e. The molecule has 36 heavy (non-hydrogen) atoms. The second-order valence-electron chi connectivity index (χ2n) is 8.50. The van der Waals surface area contributed by atoms with Crippen molar-refractivity contribution in [2.24, 2.45) is 5.41 Å². The van der Waals surface area contributed by atoms with E-state index in [-0.39, 0.29) is 47.4 Å². The van der Waals surface area contributed by atoms with E-state index in [1.165, 1.54) is 44.5 Å². The van der Waals surface area contributed by atoms with Crippen molar-refractivity contribution in [3.8, 4) is 0 Å². The van der Waals surface area contributed by atoms with Gasteiger partial charge in [0.2, 0.25) is 17.0 Å². The maximum atomic E-state index is 13.1. The van der Waals surface area contributed by atoms with Crippen molar-refractivity contribution in [3.05, 3.63) is 17.5 Å². The quantitative estimate of drug-likeness (QED) is 0.168. The Morgan fingerprint density at radius 2 is 2.14 bits per heavy atom. The number of aryl methyl sites for hydroxylation is 1. The number of aliphatic carboxylic acids is 1. The number of hydrogen-bond donors (Lipinski definition) is 2. The van der Waals surface area contributed by atoms with Gasteiger partial charge in [0.05, 0.1) is 10.8 Å². The van der Waals surface area contributed by atoms with Crippen molar-refractivity contribution in [2.45, 2.75) is 42.9 Å². The third kappa shape index (κ3) is 5.53. The normalized spacial score (nSPS) is 23.7. The van der Waals surface area contributed by atoms with Gasteiger partial charge in [-0.05, 0) is 40.8 Å². The molecule has 17 heteroatoms. The smallest absolute Gasteiger partial charge is 0.313 e. The van der Waals surface area contributed by atoms with Gasteiger partial charge in [-0.25, -0.2) is 4.68 Å². The Hall–Kier alpha value is -2.21. The van der Waals surface area contributed by atoms with E-state index < -0.39 is 27.5 Å². The van der Waals surface area contributed by atoms with Crippen molar-refractivity contribution in [2.75, 3.05) is 28.7 Å². The van der Waals surface area contributed by atoms with E-state index in [2.05, 4.69) is 15.5 Å². The predicted molar refractivity (Wildman–Crippen MR) is 133 cm³/mol. The van der Waals surface area contributed by atoms with Crippen LogP contribution >= 0.6 is 34.9 Å². The lowest BCUT2D eigenvalue weighted by Gasteiger charge is -2.55. The van der Waals surface area contributed by atoms with Gasteiger partial charge in [0.1, 0.15) is 16.8 Å². The predicted octanol–water partition coefficient (Wildman–Crippen LogP) is 0.903. The van der Waals surface area contributed by atoms with Crippen LogP contribution in [0.15, 0.2) is 22.7 Å². The Morgan fingerprint density at radius 3 is 2.78 bits per heavy atom. The van der Waals surface area contributed by atoms with E-state index in [1.54, 1.807) is 12.1 Å². The molecule has 2 aliphatic rings. The molecule has 3 atom stereocenters. The molecule has 0 saturated carbocycles. The Morgan fingerprint density at radius 1 is 1.36 bits per heavy atom. The fourth-order valence-electron chi connectivity index (χ4n) is 4.07. The minimum absolute atomic E-state index is 0.00838. The molecule has 2 amide bonds. The summed E-state index contributed by atoms with van der Waals surface area (Å²) in [6, 6.07) is 2.92. The highest BCUT2D eigenvalue weighted by molar-refractivity contribution is 8.00. The number of unbranched alkanes of at least 4 members (excludes halogenated alkanes) is 1. The first-order chi connectivity index (χ1) is 17.0. The highest BCUT2D eigenvalue weighted by Gasteiger charge is 2.59. The third-order valence-corrected chi connectivity index (χ3v) is 10.4. The summed E-state index contributed by atoms with van der Waals surface area (Å²) < 4.78 is 32.0. The average Bonchev–Trinajstić information content (AvgIpc) is 3.50. The van der Waals surface area contributed by atoms with E-state index in [0.29, 0.717) is 23.1 Å². The van der Waals surface area contributed by atoms with Gasteiger partial charge in [-0.15, -0.1) is 28.2 Å². The summed E-state index contributed by atoms with van der Waals surface area (Å²) in [5.74, 6) is -1.57. The Kier molecular flexibility index (Phi) is 7.94. The van der Waals surface area contributed by atoms with Crippen LogP contribution in [0, 0.1) is 5.41 Å². The Bertz CT molecular complexity index is 1240. The van der Waals surface area contributed by atoms with Crippen LogP contribution < -0.4 is 4.90 Å². The number of thiophene rings is 1. The molecule has 0 spiro atoms. The summed E-state index contributed by atoms with van der Waals surface area (Å²) in [7, 11) is -4.04. The summed E-state index contributed by atoms with van der Waals surface area (Å²) in [5, 5.41) is 24.1. The van der Waals surface area contributed by atoms with Crippen molar-refractivity contribution < 1.29 is 32.5 Å². The summed E-state index contributed by atoms with van der Waals surface area (Å²) in [4.78, 5) is 40.8. The molecule has 0 aromatic carbocycles. The second kappa shape index (κ2) is 10.6. The molecule has 4 heterocycles. The molecule has 4 rings (SSSR count). The third-order valence-electron chi connectivity index (χ3n) is 5.93. The first-order valence-electron chi connectivity index (χ1n) is 10.9. The number of anilines is 1. The van der Waals surface area contributed by atoms with E-state index in [0.717, 1.165) is 11.8 Å². The number of fused-ring (bicyclic) bond motifs is 1. The number of amides is 2. The number of carboxylic acid groups (broad SMARTS) is 1. The monoisotopic (exact) mass is 576 g/mol. The number of carbonyl (C=O) groups is 3. The molecule has 2 aromatic rings. The van der Waals surface area contributed by atoms with Gasteiger partial charge in [-0.3, -0.25) is 23.8 Å². The van der Waals surface area contributed by atoms with Gasteiger partial charge in [0.15, 0.2) is 0 Å². The van der Waals surface area contributed by atoms with Crippen LogP contribution in [0.4, 0.5) is 5.00 Å². The summed E-state index contributed by atoms with van der Waals surface area (Å²) in [5.41, 5.74) is -1.24. The average molecular weight is 577 g/mol. The van der Waals surface area contributed by atoms with Gasteiger partial charge in [0.25, 0.3) is 10.1 Å². The zero-order valence-electron chi connectivity index (χ0n) is 19.1. The molecule has 2 unspecified atom stereocenters. The molecule has 2 aromatic heterocycles. The van der Waals surface area contributed by atoms with Crippen molar-refractivity contribution in [1.29, 1.82) is 0 Å². The largest absolute Gasteiger partial charge is 0.481 e. The number of β-lactam (4-membered cyclic amide) rings is 1. The molecule has 0 bridgehead atoms. The molecular formula is C19H24N6O7S4. The van der Waals surface area contributed by atoms with E-state index in [9.17, 15) is 27.9 Å². The van der Waals surface area contributed by atoms with Crippen molar-refractivity contribution in [1.82, 2.24) is 25.1 Å². The first kappa shape index (κ1) is 26.8. The van der Waals surface area contributed by atoms with E-state index >= 15 is 0 Å². The summed E-state index contributed by atoms with van der Waals surface area (Å²) in [6.07, 6.45) is 0.626. The van der Waals surface area contributed by atoms with E-state index in [1.807, 2.05) is 5.38 Å². The van der Waals surface area contributed by atoms with Gasteiger partial charge < -0.3 is 10.0 Å². The topological polar surface area (TPSA) is 176 Å². The number of nitrogens with zero attached hydrogens (tertiary/aromatic N) is 6. The number of hydrogen-bond acceptors (Lipinski definition) is 11. The summed E-state index contributed by atoms with van der Waals surface area (Å²) in [6.45, 7) is 1.72. The number of rotatable bonds is 11. The van der Waals surface area contributed by atoms with Crippen LogP contribution in [0.5, 0.6) is 0 Å². The second-order valence-corrected chi connectivity index (χ2v) is 13.1. The lowest BCUT2D eigenvalue weighted by molar-refractivity contribution is -0.156. The molecule has 0 radical (unpaired) electrons. The number of tetrazole rings is 1. The van der Waals surface area contributed by atoms with Crippen LogP contribution in [-0.4, -0.2) is 96.2 Å². The standard InChI is InChI=1S/C19H24N6O7S4/c1-12(26)25(13-5-4-7-33-13)14-15(27)23-9-19(17(28)29,10-34-16(14)23)11-35-18-20-21-22-24(18)6-2-3-8-36(30,31)32/h4-5,7,14,16H,2-3,6,8-11H2,1H3,(H,28,29)(H,30,31,32)/t14?,16-,19?/m1/s1. The van der Waals surface area contributed by atoms with Gasteiger partial charge in [-0.1, -0.05) is 11.8 Å². The maximum absolute atomic E-state index is 13.1. The Balaban J connectivity index is 1.40. The molecule has 2 saturated heterocycles. The van der Waals surface area contributed by atoms with Crippen LogP contribution in [0.1, 0.15) is 19.8 Å². The molecule has 2 N–H and O–H groups in total. The fourth-order valence-corrected chi connectivity index (χ4v) is 8.26. The Labute approximate surface area is 219 Å². The number of carboxylic acids is 1. The number of aromatic nitrogens is 4. The summed E-state index contributed by atoms with van der Waals surface area (Å²) >= 11 is 3.86. The minimum Gasteiger partial charge on any atom is -0.481 e. The van der Waals surface area contributed by atoms with Gasteiger partial charge in [0, 0.05) is 31.5 Å². The van der Waals surface area contributed by atoms with Crippen LogP contribution in [0.25, 0.3) is 0 Å². The molecule has 196 valence electrons. The molecule has 0 aliphatic carbocycles. The van der Waals surface area contributed by atoms with Crippen LogP contribution in [0.3, 0.4) is 0 Å². The van der Waals surface area contributed by atoms with Crippen molar-refractivity contribution >= 4 is 67.8 Å². The SMILES string of the molecule is CC(=O)N(c1cccs1)C1C(=O)N2CC(CSc3nnnn3CCCCS(=O)(=O)O)(C(=O)O)CS[C@H]12. The minimum atomic E-state index is -4.04. The number of thioether (sulfide) groups is 2. The highest BCUT2D eigenvalue weighted by Crippen LogP contribution is 2.46. The zero-order valence-corrected chi connectivity index (χ0v) is 22.4. The van der Waals surface area contributed by atoms with Crippen LogP contribution in [0.2, 0.25) is 0 Å². The first-order valence-corrected chi connectivity index (χ1v) is 15.4. The lowest BCUT2D eigenvalue weighted by atomic mass is 9.89. The van der Waals surface area contributed by atoms with Gasteiger partial charge in [-0.2, -0.15) is 8.42 Å². The lowest BCUT2D eigenvalue weighted by Crippen LogP contribution is -2.74. The van der Waals surface area contributed by atoms with Crippen LogP contribution in [-0.2, 0) is 31.0 Å². The van der Waals surface area contributed by atoms with Crippen molar-refractivity contribution in [3.63, 3.8) is 0 Å². The number of carbonyl (C=O) groups excluding carboxylic acids is 2.